The van der Waals surface area contributed by atoms with E-state index in [1.807, 2.05) is 18.7 Å². The number of aromatic nitrogens is 2. The van der Waals surface area contributed by atoms with Crippen LogP contribution in [0.1, 0.15) is 31.1 Å². The number of hydrogen-bond acceptors (Lipinski definition) is 5. The number of carbonyl (C=O) groups excluding carboxylic acids is 1. The van der Waals surface area contributed by atoms with E-state index in [4.69, 9.17) is 4.42 Å². The number of fused-ring (bicyclic) bond motifs is 1. The molecule has 23 heavy (non-hydrogen) atoms. The first-order valence-corrected chi connectivity index (χ1v) is 8.99. The van der Waals surface area contributed by atoms with Crippen LogP contribution >= 0.6 is 11.8 Å². The van der Waals surface area contributed by atoms with Gasteiger partial charge < -0.3 is 9.73 Å². The highest BCUT2D eigenvalue weighted by Crippen LogP contribution is 2.18. The number of hydrogen-bond donors (Lipinski definition) is 1. The van der Waals surface area contributed by atoms with Gasteiger partial charge in [0.2, 0.25) is 11.6 Å². The molecule has 0 bridgehead atoms. The summed E-state index contributed by atoms with van der Waals surface area (Å²) in [5.74, 6) is 2.69. The molecule has 6 nitrogen and oxygen atoms in total. The molecule has 126 valence electrons. The topological polar surface area (TPSA) is 77.1 Å². The van der Waals surface area contributed by atoms with Gasteiger partial charge in [0.1, 0.15) is 24.0 Å². The lowest BCUT2D eigenvalue weighted by atomic mass is 10.2. The molecular weight excluding hydrogens is 314 g/mol. The molecule has 0 unspecified atom stereocenters. The lowest BCUT2D eigenvalue weighted by Gasteiger charge is -2.07. The van der Waals surface area contributed by atoms with Crippen molar-refractivity contribution in [3.05, 3.63) is 28.0 Å². The lowest BCUT2D eigenvalue weighted by molar-refractivity contribution is -0.121. The van der Waals surface area contributed by atoms with Crippen LogP contribution in [0.4, 0.5) is 0 Å². The molecular formula is C16H23N3O3S. The average molecular weight is 337 g/mol. The minimum absolute atomic E-state index is 0.0203. The van der Waals surface area contributed by atoms with Gasteiger partial charge in [-0.05, 0) is 38.2 Å². The third-order valence-corrected chi connectivity index (χ3v) is 4.88. The van der Waals surface area contributed by atoms with Gasteiger partial charge in [0.15, 0.2) is 0 Å². The molecule has 0 aliphatic heterocycles. The van der Waals surface area contributed by atoms with Gasteiger partial charge in [0.25, 0.3) is 5.56 Å². The third-order valence-electron chi connectivity index (χ3n) is 3.61. The minimum atomic E-state index is -0.238. The molecule has 7 heteroatoms. The van der Waals surface area contributed by atoms with Crippen LogP contribution in [0.3, 0.4) is 0 Å². The van der Waals surface area contributed by atoms with Crippen molar-refractivity contribution in [1.29, 1.82) is 0 Å². The number of amides is 1. The Bertz CT molecular complexity index is 736. The molecule has 0 aliphatic carbocycles. The van der Waals surface area contributed by atoms with Crippen LogP contribution in [-0.2, 0) is 11.3 Å². The molecule has 2 aromatic rings. The van der Waals surface area contributed by atoms with Crippen molar-refractivity contribution in [3.8, 4) is 0 Å². The summed E-state index contributed by atoms with van der Waals surface area (Å²) in [4.78, 5) is 28.5. The Hall–Kier alpha value is -1.76. The van der Waals surface area contributed by atoms with Crippen LogP contribution in [0.5, 0.6) is 0 Å². The van der Waals surface area contributed by atoms with Crippen LogP contribution in [-0.4, -0.2) is 33.5 Å². The second-order valence-electron chi connectivity index (χ2n) is 5.46. The van der Waals surface area contributed by atoms with Crippen molar-refractivity contribution in [2.75, 3.05) is 18.1 Å². The molecule has 2 rings (SSSR count). The Morgan fingerprint density at radius 2 is 2.17 bits per heavy atom. The Labute approximate surface area is 139 Å². The molecule has 0 aromatic carbocycles. The lowest BCUT2D eigenvalue weighted by Crippen LogP contribution is -2.33. The van der Waals surface area contributed by atoms with Gasteiger partial charge in [0, 0.05) is 12.1 Å². The number of furan rings is 1. The number of nitrogens with one attached hydrogen (secondary N) is 1. The third kappa shape index (κ3) is 4.37. The smallest absolute Gasteiger partial charge is 0.265 e. The summed E-state index contributed by atoms with van der Waals surface area (Å²) in [6, 6.07) is 0. The fourth-order valence-electron chi connectivity index (χ4n) is 2.24. The van der Waals surface area contributed by atoms with Crippen LogP contribution in [0.25, 0.3) is 11.1 Å². The normalized spacial score (nSPS) is 11.1. The van der Waals surface area contributed by atoms with E-state index in [1.54, 1.807) is 6.92 Å². The maximum Gasteiger partial charge on any atom is 0.265 e. The highest BCUT2D eigenvalue weighted by atomic mass is 32.2. The molecule has 1 N–H and O–H groups in total. The highest BCUT2D eigenvalue weighted by Gasteiger charge is 2.14. The van der Waals surface area contributed by atoms with E-state index < -0.39 is 0 Å². The van der Waals surface area contributed by atoms with Crippen molar-refractivity contribution in [3.63, 3.8) is 0 Å². The van der Waals surface area contributed by atoms with E-state index in [9.17, 15) is 9.59 Å². The van der Waals surface area contributed by atoms with Crippen LogP contribution in [0.2, 0.25) is 0 Å². The van der Waals surface area contributed by atoms with Gasteiger partial charge in [-0.25, -0.2) is 4.98 Å². The zero-order valence-electron chi connectivity index (χ0n) is 13.8. The second kappa shape index (κ2) is 8.19. The summed E-state index contributed by atoms with van der Waals surface area (Å²) >= 11 is 1.89. The van der Waals surface area contributed by atoms with E-state index in [0.717, 1.165) is 23.5 Å². The van der Waals surface area contributed by atoms with Crippen LogP contribution in [0, 0.1) is 13.8 Å². The molecule has 1 amide bonds. The fourth-order valence-corrected chi connectivity index (χ4v) is 3.08. The van der Waals surface area contributed by atoms with Gasteiger partial charge in [0.05, 0.1) is 0 Å². The van der Waals surface area contributed by atoms with E-state index in [2.05, 4.69) is 17.2 Å². The zero-order valence-corrected chi connectivity index (χ0v) is 14.7. The maximum atomic E-state index is 12.4. The molecule has 0 fully saturated rings. The number of nitrogens with zero attached hydrogens (tertiary/aromatic N) is 2. The molecule has 0 aliphatic rings. The van der Waals surface area contributed by atoms with E-state index in [0.29, 0.717) is 23.4 Å². The zero-order chi connectivity index (χ0) is 16.8. The molecule has 0 radical (unpaired) electrons. The van der Waals surface area contributed by atoms with Gasteiger partial charge in [-0.3, -0.25) is 14.2 Å². The molecule has 0 spiro atoms. The Kier molecular flexibility index (Phi) is 6.27. The van der Waals surface area contributed by atoms with Crippen LogP contribution < -0.4 is 10.9 Å². The number of aryl methyl sites for hydroxylation is 2. The Balaban J connectivity index is 1.94. The standard InChI is InChI=1S/C16H23N3O3S/c1-4-7-23-8-5-6-17-13(20)9-19-10-18-15-14(16(19)21)11(2)12(3)22-15/h10H,4-9H2,1-3H3,(H,17,20). The Morgan fingerprint density at radius 1 is 1.39 bits per heavy atom. The first-order valence-electron chi connectivity index (χ1n) is 7.84. The monoisotopic (exact) mass is 337 g/mol. The summed E-state index contributed by atoms with van der Waals surface area (Å²) in [6.07, 6.45) is 3.47. The summed E-state index contributed by atoms with van der Waals surface area (Å²) in [7, 11) is 0. The van der Waals surface area contributed by atoms with E-state index in [1.165, 1.54) is 17.3 Å². The number of rotatable bonds is 8. The van der Waals surface area contributed by atoms with Gasteiger partial charge in [-0.2, -0.15) is 11.8 Å². The van der Waals surface area contributed by atoms with Gasteiger partial charge in [-0.15, -0.1) is 0 Å². The van der Waals surface area contributed by atoms with E-state index in [-0.39, 0.29) is 18.0 Å². The first-order chi connectivity index (χ1) is 11.0. The summed E-state index contributed by atoms with van der Waals surface area (Å²) in [5.41, 5.74) is 0.868. The van der Waals surface area contributed by atoms with Crippen molar-refractivity contribution < 1.29 is 9.21 Å². The van der Waals surface area contributed by atoms with Crippen LogP contribution in [0.15, 0.2) is 15.5 Å². The predicted molar refractivity (Wildman–Crippen MR) is 93.0 cm³/mol. The molecule has 2 heterocycles. The SMILES string of the molecule is CCCSCCCNC(=O)Cn1cnc2oc(C)c(C)c2c1=O. The quantitative estimate of drug-likeness (QED) is 0.748. The first kappa shape index (κ1) is 17.6. The average Bonchev–Trinajstić information content (AvgIpc) is 2.81. The molecule has 2 aromatic heterocycles. The largest absolute Gasteiger partial charge is 0.443 e. The van der Waals surface area contributed by atoms with Gasteiger partial charge in [-0.1, -0.05) is 6.92 Å². The minimum Gasteiger partial charge on any atom is -0.443 e. The Morgan fingerprint density at radius 3 is 2.91 bits per heavy atom. The fraction of sp³-hybridized carbons (Fsp3) is 0.562. The van der Waals surface area contributed by atoms with Crippen molar-refractivity contribution in [1.82, 2.24) is 14.9 Å². The van der Waals surface area contributed by atoms with Crippen molar-refractivity contribution in [2.45, 2.75) is 40.2 Å². The van der Waals surface area contributed by atoms with Crippen molar-refractivity contribution >= 4 is 28.8 Å². The molecule has 0 saturated heterocycles. The molecule has 0 saturated carbocycles. The highest BCUT2D eigenvalue weighted by molar-refractivity contribution is 7.99. The van der Waals surface area contributed by atoms with E-state index >= 15 is 0 Å². The van der Waals surface area contributed by atoms with Gasteiger partial charge >= 0.3 is 0 Å². The summed E-state index contributed by atoms with van der Waals surface area (Å²) in [6.45, 7) is 6.38. The summed E-state index contributed by atoms with van der Waals surface area (Å²) < 4.78 is 6.75. The summed E-state index contributed by atoms with van der Waals surface area (Å²) in [5, 5.41) is 3.29. The second-order valence-corrected chi connectivity index (χ2v) is 6.68. The number of carbonyl (C=O) groups is 1. The maximum absolute atomic E-state index is 12.4. The molecule has 0 atom stereocenters. The predicted octanol–water partition coefficient (Wildman–Crippen LogP) is 2.26. The number of thioether (sulfide) groups is 1. The van der Waals surface area contributed by atoms with Crippen molar-refractivity contribution in [2.24, 2.45) is 0 Å².